The third-order valence-electron chi connectivity index (χ3n) is 2.15. The highest BCUT2D eigenvalue weighted by Crippen LogP contribution is 2.19. The van der Waals surface area contributed by atoms with Crippen molar-refractivity contribution in [2.24, 2.45) is 0 Å². The molecule has 0 saturated heterocycles. The second-order valence-corrected chi connectivity index (χ2v) is 3.00. The number of rotatable bonds is 0. The van der Waals surface area contributed by atoms with E-state index in [0.717, 1.165) is 16.4 Å². The first kappa shape index (κ1) is 7.25. The molecule has 0 saturated carbocycles. The van der Waals surface area contributed by atoms with Crippen molar-refractivity contribution in [2.75, 3.05) is 0 Å². The quantitative estimate of drug-likeness (QED) is 0.545. The van der Waals surface area contributed by atoms with Crippen LogP contribution < -0.4 is 5.69 Å². The van der Waals surface area contributed by atoms with Crippen molar-refractivity contribution in [3.8, 4) is 0 Å². The van der Waals surface area contributed by atoms with E-state index in [-0.39, 0.29) is 5.69 Å². The third kappa shape index (κ3) is 0.861. The summed E-state index contributed by atoms with van der Waals surface area (Å²) in [6.07, 6.45) is 3.25. The van der Waals surface area contributed by atoms with E-state index in [1.54, 1.807) is 12.4 Å². The van der Waals surface area contributed by atoms with E-state index in [4.69, 9.17) is 0 Å². The maximum Gasteiger partial charge on any atom is 0.346 e. The summed E-state index contributed by atoms with van der Waals surface area (Å²) in [5, 5.41) is 1.85. The summed E-state index contributed by atoms with van der Waals surface area (Å²) in [5.74, 6) is 0. The first-order valence-corrected chi connectivity index (χ1v) is 4.16. The van der Waals surface area contributed by atoms with Crippen molar-refractivity contribution in [3.05, 3.63) is 35.0 Å². The Bertz CT molecular complexity index is 667. The molecule has 0 radical (unpaired) electrons. The van der Waals surface area contributed by atoms with Crippen LogP contribution in [0.5, 0.6) is 0 Å². The molecule has 0 amide bonds. The van der Waals surface area contributed by atoms with E-state index < -0.39 is 0 Å². The van der Waals surface area contributed by atoms with Gasteiger partial charge in [-0.25, -0.2) is 14.8 Å². The average molecular weight is 186 g/mol. The smallest absolute Gasteiger partial charge is 0.325 e. The predicted molar refractivity (Wildman–Crippen MR) is 52.0 cm³/mol. The third-order valence-corrected chi connectivity index (χ3v) is 2.15. The van der Waals surface area contributed by atoms with Crippen LogP contribution in [-0.4, -0.2) is 19.9 Å². The van der Waals surface area contributed by atoms with E-state index in [2.05, 4.69) is 19.9 Å². The van der Waals surface area contributed by atoms with E-state index in [9.17, 15) is 4.79 Å². The minimum atomic E-state index is -0.357. The lowest BCUT2D eigenvalue weighted by Gasteiger charge is -1.86. The second kappa shape index (κ2) is 2.41. The molecule has 2 N–H and O–H groups in total. The molecule has 0 bridgehead atoms. The molecule has 68 valence electrons. The van der Waals surface area contributed by atoms with Gasteiger partial charge in [0.15, 0.2) is 0 Å². The zero-order valence-electron chi connectivity index (χ0n) is 7.11. The molecule has 5 nitrogen and oxygen atoms in total. The number of nitrogens with one attached hydrogen (secondary N) is 2. The highest BCUT2D eigenvalue weighted by Gasteiger charge is 2.04. The van der Waals surface area contributed by atoms with Crippen LogP contribution in [0, 0.1) is 0 Å². The molecular weight excluding hydrogens is 180 g/mol. The average Bonchev–Trinajstić information content (AvgIpc) is 2.54. The normalized spacial score (nSPS) is 11.1. The highest BCUT2D eigenvalue weighted by atomic mass is 16.1. The number of pyridine rings is 1. The molecule has 3 aromatic heterocycles. The van der Waals surface area contributed by atoms with Crippen molar-refractivity contribution >= 4 is 22.1 Å². The van der Waals surface area contributed by atoms with Crippen molar-refractivity contribution in [3.63, 3.8) is 0 Å². The Morgan fingerprint density at radius 1 is 1.14 bits per heavy atom. The molecule has 0 unspecified atom stereocenters. The van der Waals surface area contributed by atoms with E-state index in [0.29, 0.717) is 5.65 Å². The topological polar surface area (TPSA) is 74.4 Å². The summed E-state index contributed by atoms with van der Waals surface area (Å²) in [7, 11) is 0. The minimum absolute atomic E-state index is 0.357. The molecule has 14 heavy (non-hydrogen) atoms. The van der Waals surface area contributed by atoms with Gasteiger partial charge in [-0.15, -0.1) is 0 Å². The predicted octanol–water partition coefficient (Wildman–Crippen LogP) is 0.799. The van der Waals surface area contributed by atoms with Crippen LogP contribution in [0.3, 0.4) is 0 Å². The van der Waals surface area contributed by atoms with Gasteiger partial charge in [0.1, 0.15) is 11.3 Å². The molecule has 0 aliphatic heterocycles. The van der Waals surface area contributed by atoms with Gasteiger partial charge in [0.05, 0.1) is 0 Å². The Labute approximate surface area is 77.8 Å². The van der Waals surface area contributed by atoms with Crippen LogP contribution in [0.1, 0.15) is 0 Å². The molecule has 3 rings (SSSR count). The summed E-state index contributed by atoms with van der Waals surface area (Å²) < 4.78 is 0. The summed E-state index contributed by atoms with van der Waals surface area (Å²) >= 11 is 0. The molecule has 3 heterocycles. The lowest BCUT2D eigenvalue weighted by atomic mass is 10.3. The van der Waals surface area contributed by atoms with E-state index in [1.807, 2.05) is 12.1 Å². The second-order valence-electron chi connectivity index (χ2n) is 3.00. The Balaban J connectivity index is 2.63. The zero-order valence-corrected chi connectivity index (χ0v) is 7.11. The van der Waals surface area contributed by atoms with Gasteiger partial charge >= 0.3 is 5.69 Å². The molecule has 5 heteroatoms. The van der Waals surface area contributed by atoms with Gasteiger partial charge in [-0.2, -0.15) is 0 Å². The summed E-state index contributed by atoms with van der Waals surface area (Å²) in [4.78, 5) is 24.4. The van der Waals surface area contributed by atoms with Gasteiger partial charge in [-0.1, -0.05) is 0 Å². The molecule has 0 aliphatic rings. The maximum absolute atomic E-state index is 11.0. The van der Waals surface area contributed by atoms with Gasteiger partial charge < -0.3 is 4.98 Å². The Morgan fingerprint density at radius 3 is 3.00 bits per heavy atom. The molecular formula is C9H6N4O. The summed E-state index contributed by atoms with van der Waals surface area (Å²) in [6, 6.07) is 3.78. The minimum Gasteiger partial charge on any atom is -0.325 e. The zero-order chi connectivity index (χ0) is 9.54. The molecule has 0 atom stereocenters. The number of hydrogen-bond acceptors (Lipinski definition) is 3. The lowest BCUT2D eigenvalue weighted by molar-refractivity contribution is 1.11. The van der Waals surface area contributed by atoms with Gasteiger partial charge in [0, 0.05) is 23.2 Å². The molecule has 0 aliphatic carbocycles. The van der Waals surface area contributed by atoms with Crippen LogP contribution >= 0.6 is 0 Å². The fourth-order valence-corrected chi connectivity index (χ4v) is 1.54. The van der Waals surface area contributed by atoms with Gasteiger partial charge in [-0.3, -0.25) is 4.98 Å². The summed E-state index contributed by atoms with van der Waals surface area (Å²) in [6.45, 7) is 0. The fourth-order valence-electron chi connectivity index (χ4n) is 1.54. The van der Waals surface area contributed by atoms with Gasteiger partial charge in [0.25, 0.3) is 0 Å². The number of nitrogens with zero attached hydrogens (tertiary/aromatic N) is 2. The van der Waals surface area contributed by atoms with Crippen molar-refractivity contribution < 1.29 is 0 Å². The Hall–Kier alpha value is -2.17. The van der Waals surface area contributed by atoms with Gasteiger partial charge in [-0.05, 0) is 12.1 Å². The maximum atomic E-state index is 11.0. The van der Waals surface area contributed by atoms with Gasteiger partial charge in [0.2, 0.25) is 0 Å². The molecule has 3 aromatic rings. The van der Waals surface area contributed by atoms with Crippen LogP contribution in [0.2, 0.25) is 0 Å². The molecule has 0 aromatic carbocycles. The SMILES string of the molecule is O=c1ncc2c([nH]1)[nH]c1ncccc12. The highest BCUT2D eigenvalue weighted by molar-refractivity contribution is 6.03. The van der Waals surface area contributed by atoms with E-state index >= 15 is 0 Å². The van der Waals surface area contributed by atoms with Crippen molar-refractivity contribution in [1.82, 2.24) is 19.9 Å². The molecule has 0 spiro atoms. The number of aromatic nitrogens is 4. The number of hydrogen-bond donors (Lipinski definition) is 2. The standard InChI is InChI=1S/C9H6N4O/c14-9-11-4-6-5-2-1-3-10-7(5)12-8(6)13-9/h1-4H,(H2,10,11,12,13,14). The van der Waals surface area contributed by atoms with Crippen LogP contribution in [0.25, 0.3) is 22.1 Å². The van der Waals surface area contributed by atoms with Crippen molar-refractivity contribution in [2.45, 2.75) is 0 Å². The fraction of sp³-hybridized carbons (Fsp3) is 0. The Kier molecular flexibility index (Phi) is 1.25. The number of fused-ring (bicyclic) bond motifs is 3. The lowest BCUT2D eigenvalue weighted by Crippen LogP contribution is -2.07. The molecule has 0 fully saturated rings. The Morgan fingerprint density at radius 2 is 2.07 bits per heavy atom. The van der Waals surface area contributed by atoms with Crippen LogP contribution in [0.15, 0.2) is 29.3 Å². The monoisotopic (exact) mass is 186 g/mol. The van der Waals surface area contributed by atoms with Crippen LogP contribution in [-0.2, 0) is 0 Å². The number of H-pyrrole nitrogens is 2. The van der Waals surface area contributed by atoms with Crippen molar-refractivity contribution in [1.29, 1.82) is 0 Å². The van der Waals surface area contributed by atoms with Crippen LogP contribution in [0.4, 0.5) is 0 Å². The largest absolute Gasteiger partial charge is 0.346 e. The summed E-state index contributed by atoms with van der Waals surface area (Å²) in [5.41, 5.74) is 1.06. The number of aromatic amines is 2. The van der Waals surface area contributed by atoms with E-state index in [1.165, 1.54) is 0 Å². The first-order chi connectivity index (χ1) is 6.84. The first-order valence-electron chi connectivity index (χ1n) is 4.16.